The van der Waals surface area contributed by atoms with Gasteiger partial charge in [0.05, 0.1) is 46.9 Å². The van der Waals surface area contributed by atoms with Gasteiger partial charge in [0.2, 0.25) is 0 Å². The van der Waals surface area contributed by atoms with E-state index in [1.54, 1.807) is 26.8 Å². The maximum atomic E-state index is 14.2. The quantitative estimate of drug-likeness (QED) is 0.0146. The Bertz CT molecular complexity index is 1790. The number of allylic oxidation sites excluding steroid dienone is 3. The van der Waals surface area contributed by atoms with Gasteiger partial charge >= 0.3 is 11.9 Å². The number of nitrogens with zero attached hydrogens (tertiary/aromatic N) is 1. The molecule has 0 aromatic heterocycles. The molecule has 1 aromatic carbocycles. The van der Waals surface area contributed by atoms with Gasteiger partial charge in [-0.15, -0.1) is 0 Å². The van der Waals surface area contributed by atoms with E-state index in [-0.39, 0.29) is 79.1 Å². The lowest BCUT2D eigenvalue weighted by molar-refractivity contribution is -0.384. The first-order chi connectivity index (χ1) is 32.2. The zero-order valence-electron chi connectivity index (χ0n) is 43.0. The van der Waals surface area contributed by atoms with Crippen molar-refractivity contribution in [2.45, 2.75) is 202 Å². The summed E-state index contributed by atoms with van der Waals surface area (Å²) in [6, 6.07) is 5.14. The molecular formula is C51H81NO16. The predicted octanol–water partition coefficient (Wildman–Crippen LogP) is 10.0. The van der Waals surface area contributed by atoms with E-state index >= 15 is 0 Å². The Morgan fingerprint density at radius 1 is 0.941 bits per heavy atom. The van der Waals surface area contributed by atoms with Gasteiger partial charge in [-0.1, -0.05) is 45.1 Å². The largest absolute Gasteiger partial charge is 0.457 e. The summed E-state index contributed by atoms with van der Waals surface area (Å²) in [5, 5.41) is 11.2. The van der Waals surface area contributed by atoms with E-state index in [9.17, 15) is 19.7 Å². The van der Waals surface area contributed by atoms with Gasteiger partial charge in [-0.05, 0) is 120 Å². The van der Waals surface area contributed by atoms with Gasteiger partial charge in [-0.3, -0.25) is 19.8 Å². The van der Waals surface area contributed by atoms with Gasteiger partial charge in [0.15, 0.2) is 30.9 Å². The van der Waals surface area contributed by atoms with Crippen molar-refractivity contribution in [1.82, 2.24) is 0 Å². The van der Waals surface area contributed by atoms with Gasteiger partial charge in [0.1, 0.15) is 11.7 Å². The molecule has 1 fully saturated rings. The maximum Gasteiger partial charge on any atom is 0.384 e. The van der Waals surface area contributed by atoms with Crippen LogP contribution >= 0.6 is 0 Å². The average molecular weight is 964 g/mol. The second-order valence-electron chi connectivity index (χ2n) is 17.9. The lowest BCUT2D eigenvalue weighted by Gasteiger charge is -2.36. The van der Waals surface area contributed by atoms with Crippen LogP contribution in [-0.4, -0.2) is 110 Å². The van der Waals surface area contributed by atoms with Crippen molar-refractivity contribution in [2.75, 3.05) is 26.4 Å². The van der Waals surface area contributed by atoms with Crippen LogP contribution in [0.1, 0.15) is 135 Å². The first-order valence-corrected chi connectivity index (χ1v) is 24.4. The number of hydrogen-bond donors (Lipinski definition) is 0. The number of benzene rings is 1. The number of nitro groups is 1. The molecule has 386 valence electrons. The lowest BCUT2D eigenvalue weighted by Crippen LogP contribution is -2.41. The van der Waals surface area contributed by atoms with Crippen LogP contribution in [0.4, 0.5) is 5.69 Å². The molecule has 17 nitrogen and oxygen atoms in total. The average Bonchev–Trinajstić information content (AvgIpc) is 4.03. The molecule has 1 saturated heterocycles. The zero-order chi connectivity index (χ0) is 50.6. The molecule has 0 N–H and O–H groups in total. The van der Waals surface area contributed by atoms with E-state index in [0.29, 0.717) is 32.8 Å². The maximum absolute atomic E-state index is 14.2. The highest BCUT2D eigenvalue weighted by atomic mass is 17.2. The molecule has 0 bridgehead atoms. The van der Waals surface area contributed by atoms with Crippen molar-refractivity contribution in [1.29, 1.82) is 0 Å². The Morgan fingerprint density at radius 2 is 1.56 bits per heavy atom. The number of ether oxygens (including phenoxy) is 10. The summed E-state index contributed by atoms with van der Waals surface area (Å²) in [4.78, 5) is 49.6. The van der Waals surface area contributed by atoms with Crippen LogP contribution in [0.5, 0.6) is 5.75 Å². The zero-order valence-corrected chi connectivity index (χ0v) is 43.0. The fourth-order valence-electron chi connectivity index (χ4n) is 8.63. The van der Waals surface area contributed by atoms with Crippen molar-refractivity contribution in [3.05, 3.63) is 69.8 Å². The number of nitro benzene ring substituents is 1. The van der Waals surface area contributed by atoms with Crippen molar-refractivity contribution in [3.63, 3.8) is 0 Å². The number of esters is 1. The first kappa shape index (κ1) is 58.5. The van der Waals surface area contributed by atoms with Crippen LogP contribution in [0, 0.1) is 22.0 Å². The van der Waals surface area contributed by atoms with E-state index in [1.165, 1.54) is 24.3 Å². The summed E-state index contributed by atoms with van der Waals surface area (Å²) in [7, 11) is 0. The van der Waals surface area contributed by atoms with Crippen LogP contribution in [0.15, 0.2) is 59.7 Å². The molecule has 17 heteroatoms. The van der Waals surface area contributed by atoms with Crippen molar-refractivity contribution in [2.24, 2.45) is 11.8 Å². The topological polar surface area (TPSA) is 191 Å². The van der Waals surface area contributed by atoms with Gasteiger partial charge in [0, 0.05) is 56.8 Å². The second-order valence-corrected chi connectivity index (χ2v) is 17.9. The van der Waals surface area contributed by atoms with Crippen molar-refractivity contribution < 1.29 is 71.7 Å². The SMILES string of the molecule is CCOC(C)OC1CCC(C)(OC(C)OCC)C(C(=O)OOc2ccc([N+](=O)[O-])cc2)=CCC(C)C(C(C)=CC=CC(C)(CC2OC2C(C)C(CC)OC(C)OCC)OC(C)OCC)OC(=O)C1. The smallest absolute Gasteiger partial charge is 0.384 e. The van der Waals surface area contributed by atoms with Crippen LogP contribution < -0.4 is 4.89 Å². The molecule has 68 heavy (non-hydrogen) atoms. The van der Waals surface area contributed by atoms with Crippen LogP contribution in [-0.2, 0) is 61.8 Å². The van der Waals surface area contributed by atoms with Crippen LogP contribution in [0.2, 0.25) is 0 Å². The van der Waals surface area contributed by atoms with Gasteiger partial charge in [0.25, 0.3) is 5.69 Å². The number of epoxide rings is 1. The lowest BCUT2D eigenvalue weighted by atomic mass is 9.85. The molecule has 0 saturated carbocycles. The molecule has 3 rings (SSSR count). The van der Waals surface area contributed by atoms with Crippen LogP contribution in [0.25, 0.3) is 0 Å². The molecule has 0 amide bonds. The van der Waals surface area contributed by atoms with Gasteiger partial charge in [-0.2, -0.15) is 0 Å². The highest BCUT2D eigenvalue weighted by molar-refractivity contribution is 5.90. The highest BCUT2D eigenvalue weighted by Gasteiger charge is 2.49. The summed E-state index contributed by atoms with van der Waals surface area (Å²) >= 11 is 0. The first-order valence-electron chi connectivity index (χ1n) is 24.4. The number of carbonyl (C=O) groups excluding carboxylic acids is 2. The van der Waals surface area contributed by atoms with E-state index in [0.717, 1.165) is 12.0 Å². The third-order valence-electron chi connectivity index (χ3n) is 12.1. The molecule has 13 atom stereocenters. The molecular weight excluding hydrogens is 883 g/mol. The van der Waals surface area contributed by atoms with E-state index in [1.807, 2.05) is 80.5 Å². The Hall–Kier alpha value is -3.78. The van der Waals surface area contributed by atoms with Gasteiger partial charge in [-0.25, -0.2) is 9.68 Å². The fourth-order valence-corrected chi connectivity index (χ4v) is 8.63. The summed E-state index contributed by atoms with van der Waals surface area (Å²) < 4.78 is 61.1. The van der Waals surface area contributed by atoms with E-state index in [4.69, 9.17) is 57.1 Å². The third-order valence-corrected chi connectivity index (χ3v) is 12.1. The van der Waals surface area contributed by atoms with Crippen LogP contribution in [0.3, 0.4) is 0 Å². The van der Waals surface area contributed by atoms with E-state index in [2.05, 4.69) is 13.8 Å². The third kappa shape index (κ3) is 19.2. The minimum absolute atomic E-state index is 0.0238. The number of rotatable bonds is 28. The highest BCUT2D eigenvalue weighted by Crippen LogP contribution is 2.40. The Morgan fingerprint density at radius 3 is 2.18 bits per heavy atom. The molecule has 13 unspecified atom stereocenters. The van der Waals surface area contributed by atoms with E-state index < -0.39 is 59.1 Å². The monoisotopic (exact) mass is 964 g/mol. The standard InChI is InChI=1S/C51H81NO16/c1-15-44(62-37(10)58-17-3)35(8)48-45(63-48)32-50(13,65-38(11)59-18-4)29-20-21-33(6)47-34(7)22-27-43(49(54)68-67-41-25-23-40(24-26-41)52(55)56)51(14,66-39(12)60-19-5)30-28-42(31-46(53)64-47)61-36(9)57-16-2/h20-21,23-27,29,34-39,42,44-45,47-48H,15-19,22,28,30-32H2,1-14H3. The molecule has 0 radical (unpaired) electrons. The second kappa shape index (κ2) is 28.8. The molecule has 2 aliphatic heterocycles. The number of cyclic esters (lactones) is 1. The Balaban J connectivity index is 2.02. The minimum atomic E-state index is -1.34. The number of hydrogen-bond acceptors (Lipinski definition) is 16. The number of carbonyl (C=O) groups is 2. The molecule has 1 aromatic rings. The minimum Gasteiger partial charge on any atom is -0.457 e. The Labute approximate surface area is 404 Å². The Kier molecular flexibility index (Phi) is 24.8. The summed E-state index contributed by atoms with van der Waals surface area (Å²) in [5.74, 6) is -1.50. The predicted molar refractivity (Wildman–Crippen MR) is 254 cm³/mol. The fraction of sp³-hybridized carbons (Fsp3) is 0.725. The normalized spacial score (nSPS) is 26.4. The summed E-state index contributed by atoms with van der Waals surface area (Å²) in [6.07, 6.45) is 5.63. The summed E-state index contributed by atoms with van der Waals surface area (Å²) in [6.45, 7) is 28.4. The van der Waals surface area contributed by atoms with Gasteiger partial charge < -0.3 is 47.4 Å². The molecule has 0 spiro atoms. The molecule has 2 aliphatic rings. The number of non-ortho nitro benzene ring substituents is 1. The van der Waals surface area contributed by atoms with Crippen molar-refractivity contribution in [3.8, 4) is 5.75 Å². The van der Waals surface area contributed by atoms with Crippen molar-refractivity contribution >= 4 is 17.6 Å². The summed E-state index contributed by atoms with van der Waals surface area (Å²) in [5.41, 5.74) is -1.43. The molecule has 2 heterocycles. The molecule has 0 aliphatic carbocycles.